The first kappa shape index (κ1) is 15.1. The van der Waals surface area contributed by atoms with Gasteiger partial charge in [-0.15, -0.1) is 11.3 Å². The number of nitrogens with one attached hydrogen (secondary N) is 1. The van der Waals surface area contributed by atoms with E-state index in [4.69, 9.17) is 0 Å². The van der Waals surface area contributed by atoms with E-state index >= 15 is 0 Å². The van der Waals surface area contributed by atoms with Crippen LogP contribution in [0.4, 0.5) is 8.78 Å². The average molecular weight is 295 g/mol. The summed E-state index contributed by atoms with van der Waals surface area (Å²) in [4.78, 5) is 1.25. The topological polar surface area (TPSA) is 12.0 Å². The Labute approximate surface area is 122 Å². The van der Waals surface area contributed by atoms with Crippen molar-refractivity contribution >= 4 is 11.3 Å². The summed E-state index contributed by atoms with van der Waals surface area (Å²) in [5, 5.41) is 5.47. The zero-order chi connectivity index (χ0) is 14.5. The molecule has 2 rings (SSSR count). The predicted molar refractivity (Wildman–Crippen MR) is 80.2 cm³/mol. The van der Waals surface area contributed by atoms with Crippen LogP contribution in [0.5, 0.6) is 0 Å². The van der Waals surface area contributed by atoms with Gasteiger partial charge in [-0.05, 0) is 48.0 Å². The molecule has 0 aliphatic rings. The zero-order valence-corrected chi connectivity index (χ0v) is 12.6. The number of rotatable bonds is 6. The predicted octanol–water partition coefficient (Wildman–Crippen LogP) is 4.48. The summed E-state index contributed by atoms with van der Waals surface area (Å²) in [6.07, 6.45) is 1.50. The maximum absolute atomic E-state index is 13.8. The Hall–Kier alpha value is -1.26. The molecule has 20 heavy (non-hydrogen) atoms. The van der Waals surface area contributed by atoms with Gasteiger partial charge in [-0.1, -0.05) is 19.9 Å². The molecule has 1 unspecified atom stereocenters. The molecule has 1 aromatic heterocycles. The van der Waals surface area contributed by atoms with Gasteiger partial charge in [0.1, 0.15) is 11.6 Å². The smallest absolute Gasteiger partial charge is 0.129 e. The second-order valence-electron chi connectivity index (χ2n) is 4.71. The molecule has 0 amide bonds. The summed E-state index contributed by atoms with van der Waals surface area (Å²) < 4.78 is 26.8. The lowest BCUT2D eigenvalue weighted by molar-refractivity contribution is 0.524. The highest BCUT2D eigenvalue weighted by Crippen LogP contribution is 2.28. The molecule has 0 saturated carbocycles. The molecule has 4 heteroatoms. The molecule has 1 aromatic carbocycles. The van der Waals surface area contributed by atoms with Crippen molar-refractivity contribution in [1.29, 1.82) is 0 Å². The number of hydrogen-bond acceptors (Lipinski definition) is 2. The van der Waals surface area contributed by atoms with Crippen LogP contribution < -0.4 is 5.32 Å². The second-order valence-corrected chi connectivity index (χ2v) is 5.66. The third kappa shape index (κ3) is 3.44. The van der Waals surface area contributed by atoms with Crippen molar-refractivity contribution in [2.45, 2.75) is 32.7 Å². The highest BCUT2D eigenvalue weighted by atomic mass is 32.1. The molecule has 1 atom stereocenters. The van der Waals surface area contributed by atoms with E-state index in [0.717, 1.165) is 19.0 Å². The Bertz CT molecular complexity index is 565. The fraction of sp³-hybridized carbons (Fsp3) is 0.375. The van der Waals surface area contributed by atoms with Crippen LogP contribution in [0.25, 0.3) is 0 Å². The molecule has 0 fully saturated rings. The number of aryl methyl sites for hydroxylation is 1. The first-order valence-corrected chi connectivity index (χ1v) is 7.77. The SMILES string of the molecule is CCNC(Cc1ccc(F)cc1F)c1sccc1CC. The number of thiophene rings is 1. The summed E-state index contributed by atoms with van der Waals surface area (Å²) in [6.45, 7) is 4.97. The van der Waals surface area contributed by atoms with Gasteiger partial charge in [-0.3, -0.25) is 0 Å². The van der Waals surface area contributed by atoms with Gasteiger partial charge in [-0.25, -0.2) is 8.78 Å². The van der Waals surface area contributed by atoms with Crippen molar-refractivity contribution in [1.82, 2.24) is 5.32 Å². The van der Waals surface area contributed by atoms with Gasteiger partial charge in [0.25, 0.3) is 0 Å². The fourth-order valence-corrected chi connectivity index (χ4v) is 3.43. The van der Waals surface area contributed by atoms with Crippen molar-refractivity contribution in [3.63, 3.8) is 0 Å². The molecule has 0 bridgehead atoms. The largest absolute Gasteiger partial charge is 0.309 e. The molecule has 0 aliphatic heterocycles. The van der Waals surface area contributed by atoms with Gasteiger partial charge in [-0.2, -0.15) is 0 Å². The molecule has 1 heterocycles. The molecular formula is C16H19F2NS. The highest BCUT2D eigenvalue weighted by molar-refractivity contribution is 7.10. The van der Waals surface area contributed by atoms with E-state index in [1.165, 1.54) is 22.6 Å². The van der Waals surface area contributed by atoms with Crippen molar-refractivity contribution in [2.75, 3.05) is 6.54 Å². The van der Waals surface area contributed by atoms with Gasteiger partial charge in [0, 0.05) is 17.0 Å². The van der Waals surface area contributed by atoms with Crippen molar-refractivity contribution in [2.24, 2.45) is 0 Å². The van der Waals surface area contributed by atoms with E-state index in [-0.39, 0.29) is 6.04 Å². The Morgan fingerprint density at radius 1 is 1.15 bits per heavy atom. The highest BCUT2D eigenvalue weighted by Gasteiger charge is 2.17. The zero-order valence-electron chi connectivity index (χ0n) is 11.7. The first-order chi connectivity index (χ1) is 9.65. The van der Waals surface area contributed by atoms with E-state index in [0.29, 0.717) is 12.0 Å². The Morgan fingerprint density at radius 3 is 2.60 bits per heavy atom. The minimum absolute atomic E-state index is 0.0786. The van der Waals surface area contributed by atoms with Gasteiger partial charge >= 0.3 is 0 Å². The molecule has 0 saturated heterocycles. The van der Waals surface area contributed by atoms with Crippen molar-refractivity contribution < 1.29 is 8.78 Å². The van der Waals surface area contributed by atoms with Gasteiger partial charge < -0.3 is 5.32 Å². The third-order valence-corrected chi connectivity index (χ3v) is 4.44. The molecule has 108 valence electrons. The lowest BCUT2D eigenvalue weighted by Crippen LogP contribution is -2.23. The van der Waals surface area contributed by atoms with E-state index in [9.17, 15) is 8.78 Å². The minimum Gasteiger partial charge on any atom is -0.309 e. The van der Waals surface area contributed by atoms with E-state index in [2.05, 4.69) is 23.7 Å². The van der Waals surface area contributed by atoms with Crippen LogP contribution in [0.3, 0.4) is 0 Å². The Morgan fingerprint density at radius 2 is 1.95 bits per heavy atom. The maximum Gasteiger partial charge on any atom is 0.129 e. The summed E-state index contributed by atoms with van der Waals surface area (Å²) in [5.41, 5.74) is 1.84. The normalized spacial score (nSPS) is 12.6. The maximum atomic E-state index is 13.8. The molecule has 0 spiro atoms. The molecule has 0 radical (unpaired) electrons. The van der Waals surface area contributed by atoms with E-state index in [1.807, 2.05) is 6.92 Å². The Balaban J connectivity index is 2.25. The standard InChI is InChI=1S/C16H19F2NS/c1-3-11-7-8-20-16(11)15(19-4-2)9-12-5-6-13(17)10-14(12)18/h5-8,10,15,19H,3-4,9H2,1-2H3. The van der Waals surface area contributed by atoms with Crippen LogP contribution in [0.2, 0.25) is 0 Å². The number of halogens is 2. The first-order valence-electron chi connectivity index (χ1n) is 6.89. The summed E-state index contributed by atoms with van der Waals surface area (Å²) in [5.74, 6) is -1.00. The van der Waals surface area contributed by atoms with Crippen LogP contribution in [0, 0.1) is 11.6 Å². The fourth-order valence-electron chi connectivity index (χ4n) is 2.36. The van der Waals surface area contributed by atoms with Crippen molar-refractivity contribution in [3.05, 3.63) is 57.3 Å². The second kappa shape index (κ2) is 6.95. The van der Waals surface area contributed by atoms with Gasteiger partial charge in [0.05, 0.1) is 0 Å². The van der Waals surface area contributed by atoms with E-state index in [1.54, 1.807) is 11.3 Å². The summed E-state index contributed by atoms with van der Waals surface area (Å²) in [7, 11) is 0. The lowest BCUT2D eigenvalue weighted by atomic mass is 10.0. The third-order valence-electron chi connectivity index (χ3n) is 3.37. The molecule has 1 nitrogen and oxygen atoms in total. The average Bonchev–Trinajstić information content (AvgIpc) is 2.89. The van der Waals surface area contributed by atoms with Crippen LogP contribution in [0.1, 0.15) is 35.9 Å². The van der Waals surface area contributed by atoms with Gasteiger partial charge in [0.15, 0.2) is 0 Å². The van der Waals surface area contributed by atoms with Crippen LogP contribution >= 0.6 is 11.3 Å². The molecule has 1 N–H and O–H groups in total. The monoisotopic (exact) mass is 295 g/mol. The number of likely N-dealkylation sites (N-methyl/N-ethyl adjacent to an activating group) is 1. The van der Waals surface area contributed by atoms with Crippen LogP contribution in [-0.2, 0) is 12.8 Å². The van der Waals surface area contributed by atoms with Crippen LogP contribution in [-0.4, -0.2) is 6.54 Å². The van der Waals surface area contributed by atoms with Gasteiger partial charge in [0.2, 0.25) is 0 Å². The Kier molecular flexibility index (Phi) is 5.26. The summed E-state index contributed by atoms with van der Waals surface area (Å²) in [6, 6.07) is 6.00. The molecular weight excluding hydrogens is 276 g/mol. The lowest BCUT2D eigenvalue weighted by Gasteiger charge is -2.19. The molecule has 2 aromatic rings. The van der Waals surface area contributed by atoms with Crippen molar-refractivity contribution in [3.8, 4) is 0 Å². The van der Waals surface area contributed by atoms with Crippen LogP contribution in [0.15, 0.2) is 29.6 Å². The molecule has 0 aliphatic carbocycles. The number of benzene rings is 1. The van der Waals surface area contributed by atoms with E-state index < -0.39 is 11.6 Å². The summed E-state index contributed by atoms with van der Waals surface area (Å²) >= 11 is 1.69. The number of hydrogen-bond donors (Lipinski definition) is 1. The minimum atomic E-state index is -0.531. The quantitative estimate of drug-likeness (QED) is 0.828.